The number of pyridine rings is 1. The number of hydrogen-bond acceptors (Lipinski definition) is 5. The first-order chi connectivity index (χ1) is 8.96. The first-order valence-corrected chi connectivity index (χ1v) is 7.48. The van der Waals surface area contributed by atoms with Crippen molar-refractivity contribution >= 4 is 10.0 Å². The van der Waals surface area contributed by atoms with Crippen molar-refractivity contribution in [2.24, 2.45) is 0 Å². The Labute approximate surface area is 112 Å². The van der Waals surface area contributed by atoms with E-state index < -0.39 is 21.3 Å². The lowest BCUT2D eigenvalue weighted by Gasteiger charge is -2.24. The maximum atomic E-state index is 12.2. The number of hydrogen-bond donors (Lipinski definition) is 0. The minimum Gasteiger partial charge on any atom is -0.284 e. The van der Waals surface area contributed by atoms with E-state index in [1.54, 1.807) is 26.1 Å². The van der Waals surface area contributed by atoms with E-state index in [1.165, 1.54) is 6.20 Å². The summed E-state index contributed by atoms with van der Waals surface area (Å²) >= 11 is 0. The molecule has 0 bridgehead atoms. The second-order valence-electron chi connectivity index (χ2n) is 4.61. The molecule has 102 valence electrons. The van der Waals surface area contributed by atoms with Crippen LogP contribution in [0.2, 0.25) is 0 Å². The lowest BCUT2D eigenvalue weighted by atomic mass is 10.1. The Kier molecular flexibility index (Phi) is 3.85. The fourth-order valence-electron chi connectivity index (χ4n) is 1.90. The summed E-state index contributed by atoms with van der Waals surface area (Å²) in [5.74, 6) is 0. The van der Waals surface area contributed by atoms with Gasteiger partial charge in [-0.25, -0.2) is 8.42 Å². The minimum absolute atomic E-state index is 0.341. The van der Waals surface area contributed by atoms with Gasteiger partial charge < -0.3 is 0 Å². The Morgan fingerprint density at radius 1 is 1.53 bits per heavy atom. The summed E-state index contributed by atoms with van der Waals surface area (Å²) in [4.78, 5) is 9.22. The molecule has 0 spiro atoms. The zero-order valence-electron chi connectivity index (χ0n) is 10.8. The smallest absolute Gasteiger partial charge is 0.238 e. The van der Waals surface area contributed by atoms with Crippen molar-refractivity contribution in [3.63, 3.8) is 0 Å². The van der Waals surface area contributed by atoms with Crippen molar-refractivity contribution < 1.29 is 13.3 Å². The summed E-state index contributed by atoms with van der Waals surface area (Å²) in [7, 11) is -3.49. The third-order valence-electron chi connectivity index (χ3n) is 2.98. The molecule has 2 rings (SSSR count). The average molecular weight is 281 g/mol. The molecule has 7 heteroatoms. The molecule has 6 nitrogen and oxygen atoms in total. The highest BCUT2D eigenvalue weighted by Crippen LogP contribution is 2.33. The van der Waals surface area contributed by atoms with Gasteiger partial charge in [-0.1, -0.05) is 4.47 Å². The molecule has 1 fully saturated rings. The van der Waals surface area contributed by atoms with Crippen LogP contribution in [0.5, 0.6) is 0 Å². The largest absolute Gasteiger partial charge is 0.284 e. The molecule has 0 N–H and O–H groups in total. The monoisotopic (exact) mass is 281 g/mol. The number of nitriles is 1. The molecule has 19 heavy (non-hydrogen) atoms. The van der Waals surface area contributed by atoms with Gasteiger partial charge in [-0.15, -0.1) is 0 Å². The maximum Gasteiger partial charge on any atom is 0.238 e. The Morgan fingerprint density at radius 3 is 2.89 bits per heavy atom. The molecule has 1 aromatic heterocycles. The van der Waals surface area contributed by atoms with Gasteiger partial charge in [0.1, 0.15) is 6.07 Å². The van der Waals surface area contributed by atoms with E-state index in [2.05, 4.69) is 4.98 Å². The van der Waals surface area contributed by atoms with Crippen LogP contribution >= 0.6 is 0 Å². The van der Waals surface area contributed by atoms with Gasteiger partial charge >= 0.3 is 0 Å². The van der Waals surface area contributed by atoms with Crippen molar-refractivity contribution in [1.82, 2.24) is 9.45 Å². The lowest BCUT2D eigenvalue weighted by molar-refractivity contribution is -0.0506. The first kappa shape index (κ1) is 13.9. The summed E-state index contributed by atoms with van der Waals surface area (Å²) in [6, 6.07) is 3.23. The molecule has 1 saturated heterocycles. The summed E-state index contributed by atoms with van der Waals surface area (Å²) in [6.07, 6.45) is 3.58. The molecule has 2 heterocycles. The molecule has 0 radical (unpaired) electrons. The second kappa shape index (κ2) is 5.25. The van der Waals surface area contributed by atoms with Gasteiger partial charge in [-0.2, -0.15) is 5.26 Å². The van der Waals surface area contributed by atoms with E-state index in [4.69, 9.17) is 10.1 Å². The van der Waals surface area contributed by atoms with Crippen LogP contribution in [0.3, 0.4) is 0 Å². The molecule has 0 aromatic carbocycles. The van der Waals surface area contributed by atoms with Crippen molar-refractivity contribution in [2.75, 3.05) is 6.61 Å². The van der Waals surface area contributed by atoms with Crippen LogP contribution in [-0.2, 0) is 14.9 Å². The predicted molar refractivity (Wildman–Crippen MR) is 68.2 cm³/mol. The lowest BCUT2D eigenvalue weighted by Crippen LogP contribution is -2.35. The van der Waals surface area contributed by atoms with E-state index in [0.717, 1.165) is 4.47 Å². The van der Waals surface area contributed by atoms with Gasteiger partial charge in [-0.05, 0) is 31.9 Å². The standard InChI is InChI=1S/C12H15N3O3S/c1-9(2)19(16,17)15-12(3-4-18-15)11-5-10(6-13)7-14-8-11/h5,7-9,12H,3-4H2,1-2H3/t12-/m0/s1. The van der Waals surface area contributed by atoms with Crippen molar-refractivity contribution in [2.45, 2.75) is 31.6 Å². The van der Waals surface area contributed by atoms with Crippen LogP contribution in [0.15, 0.2) is 18.5 Å². The second-order valence-corrected chi connectivity index (χ2v) is 6.94. The highest BCUT2D eigenvalue weighted by molar-refractivity contribution is 7.89. The SMILES string of the molecule is CC(C)S(=O)(=O)N1OCC[C@H]1c1cncc(C#N)c1. The minimum atomic E-state index is -3.49. The zero-order chi connectivity index (χ0) is 14.0. The van der Waals surface area contributed by atoms with E-state index in [-0.39, 0.29) is 0 Å². The van der Waals surface area contributed by atoms with Gasteiger partial charge in [0.2, 0.25) is 10.0 Å². The molecule has 1 aliphatic heterocycles. The molecule has 1 atom stereocenters. The Morgan fingerprint density at radius 2 is 2.26 bits per heavy atom. The predicted octanol–water partition coefficient (Wildman–Crippen LogP) is 1.37. The average Bonchev–Trinajstić information content (AvgIpc) is 2.88. The fraction of sp³-hybridized carbons (Fsp3) is 0.500. The first-order valence-electron chi connectivity index (χ1n) is 5.98. The Balaban J connectivity index is 2.36. The number of rotatable bonds is 3. The summed E-state index contributed by atoms with van der Waals surface area (Å²) < 4.78 is 25.4. The van der Waals surface area contributed by atoms with Gasteiger partial charge in [-0.3, -0.25) is 9.82 Å². The molecule has 1 aromatic rings. The van der Waals surface area contributed by atoms with Crippen LogP contribution in [0, 0.1) is 11.3 Å². The number of nitrogens with zero attached hydrogens (tertiary/aromatic N) is 3. The fourth-order valence-corrected chi connectivity index (χ4v) is 3.12. The summed E-state index contributed by atoms with van der Waals surface area (Å²) in [5, 5.41) is 8.31. The van der Waals surface area contributed by atoms with Crippen molar-refractivity contribution in [3.05, 3.63) is 29.6 Å². The molecule has 0 saturated carbocycles. The number of sulfonamides is 1. The van der Waals surface area contributed by atoms with Crippen molar-refractivity contribution in [3.8, 4) is 6.07 Å². The zero-order valence-corrected chi connectivity index (χ0v) is 11.6. The number of aromatic nitrogens is 1. The van der Waals surface area contributed by atoms with Crippen LogP contribution < -0.4 is 0 Å². The number of hydroxylamine groups is 1. The third-order valence-corrected chi connectivity index (χ3v) is 5.04. The van der Waals surface area contributed by atoms with E-state index in [0.29, 0.717) is 24.2 Å². The molecular weight excluding hydrogens is 266 g/mol. The Bertz CT molecular complexity index is 607. The molecule has 0 amide bonds. The van der Waals surface area contributed by atoms with Crippen LogP contribution in [0.1, 0.15) is 37.4 Å². The maximum absolute atomic E-state index is 12.2. The highest BCUT2D eigenvalue weighted by Gasteiger charge is 2.38. The third kappa shape index (κ3) is 2.61. The van der Waals surface area contributed by atoms with Gasteiger partial charge in [0.15, 0.2) is 0 Å². The van der Waals surface area contributed by atoms with Gasteiger partial charge in [0, 0.05) is 12.4 Å². The Hall–Kier alpha value is -1.49. The molecule has 0 unspecified atom stereocenters. The summed E-state index contributed by atoms with van der Waals surface area (Å²) in [6.45, 7) is 3.56. The highest BCUT2D eigenvalue weighted by atomic mass is 32.2. The molecule has 1 aliphatic rings. The van der Waals surface area contributed by atoms with Crippen LogP contribution in [0.25, 0.3) is 0 Å². The van der Waals surface area contributed by atoms with Crippen LogP contribution in [0.4, 0.5) is 0 Å². The quantitative estimate of drug-likeness (QED) is 0.835. The van der Waals surface area contributed by atoms with Crippen LogP contribution in [-0.4, -0.2) is 29.7 Å². The van der Waals surface area contributed by atoms with Crippen molar-refractivity contribution in [1.29, 1.82) is 5.26 Å². The van der Waals surface area contributed by atoms with Gasteiger partial charge in [0.25, 0.3) is 0 Å². The molecule has 0 aliphatic carbocycles. The topological polar surface area (TPSA) is 83.3 Å². The summed E-state index contributed by atoms with van der Waals surface area (Å²) in [5.41, 5.74) is 1.09. The van der Waals surface area contributed by atoms with E-state index in [1.807, 2.05) is 6.07 Å². The van der Waals surface area contributed by atoms with Gasteiger partial charge in [0.05, 0.1) is 23.5 Å². The molecular formula is C12H15N3O3S. The van der Waals surface area contributed by atoms with E-state index >= 15 is 0 Å². The normalized spacial score (nSPS) is 20.6. The van der Waals surface area contributed by atoms with E-state index in [9.17, 15) is 8.42 Å².